The molecule has 2 aliphatic heterocycles. The van der Waals surface area contributed by atoms with Gasteiger partial charge in [0.25, 0.3) is 0 Å². The van der Waals surface area contributed by atoms with E-state index in [1.807, 2.05) is 6.07 Å². The van der Waals surface area contributed by atoms with Crippen molar-refractivity contribution in [3.8, 4) is 11.5 Å². The fourth-order valence-corrected chi connectivity index (χ4v) is 5.01. The van der Waals surface area contributed by atoms with Crippen LogP contribution in [0.1, 0.15) is 38.5 Å². The van der Waals surface area contributed by atoms with Gasteiger partial charge >= 0.3 is 0 Å². The van der Waals surface area contributed by atoms with Crippen LogP contribution in [0, 0.1) is 11.8 Å². The summed E-state index contributed by atoms with van der Waals surface area (Å²) in [7, 11) is 1.60. The molecular weight excluding hydrogens is 368 g/mol. The van der Waals surface area contributed by atoms with E-state index in [1.165, 1.54) is 44.3 Å². The summed E-state index contributed by atoms with van der Waals surface area (Å²) in [4.78, 5) is 16.8. The summed E-state index contributed by atoms with van der Waals surface area (Å²) in [6.07, 6.45) is 6.96. The standard InChI is InChI=1S/C23H34N2O4/c1-27-16-20(26)15-19-7-5-18(6-8-19)9-10-24-11-13-25(14-12-24)21-3-2-4-22-23(21)29-17-28-22/h2-4,18-19H,5-17H2,1H3. The van der Waals surface area contributed by atoms with Gasteiger partial charge in [-0.2, -0.15) is 0 Å². The van der Waals surface area contributed by atoms with Crippen molar-refractivity contribution in [2.45, 2.75) is 38.5 Å². The predicted molar refractivity (Wildman–Crippen MR) is 113 cm³/mol. The maximum Gasteiger partial charge on any atom is 0.231 e. The van der Waals surface area contributed by atoms with Crippen molar-refractivity contribution in [2.75, 3.05) is 58.1 Å². The molecule has 1 saturated carbocycles. The molecule has 0 bridgehead atoms. The van der Waals surface area contributed by atoms with Crippen LogP contribution in [0.2, 0.25) is 0 Å². The Morgan fingerprint density at radius 3 is 2.59 bits per heavy atom. The van der Waals surface area contributed by atoms with E-state index in [2.05, 4.69) is 21.9 Å². The number of Topliss-reactive ketones (excluding diaryl/α,β-unsaturated/α-hetero) is 1. The van der Waals surface area contributed by atoms with Crippen LogP contribution in [0.4, 0.5) is 5.69 Å². The van der Waals surface area contributed by atoms with Crippen LogP contribution in [-0.2, 0) is 9.53 Å². The van der Waals surface area contributed by atoms with E-state index >= 15 is 0 Å². The van der Waals surface area contributed by atoms with E-state index in [0.29, 0.717) is 19.1 Å². The monoisotopic (exact) mass is 402 g/mol. The Hall–Kier alpha value is -1.79. The minimum atomic E-state index is 0.259. The number of anilines is 1. The van der Waals surface area contributed by atoms with E-state index in [-0.39, 0.29) is 12.4 Å². The summed E-state index contributed by atoms with van der Waals surface area (Å²) in [6.45, 7) is 6.07. The summed E-state index contributed by atoms with van der Waals surface area (Å²) in [5, 5.41) is 0. The van der Waals surface area contributed by atoms with Gasteiger partial charge in [-0.3, -0.25) is 9.69 Å². The average Bonchev–Trinajstić information content (AvgIpc) is 3.23. The van der Waals surface area contributed by atoms with Crippen molar-refractivity contribution >= 4 is 11.5 Å². The zero-order chi connectivity index (χ0) is 20.1. The Bertz CT molecular complexity index is 679. The first-order chi connectivity index (χ1) is 14.2. The van der Waals surface area contributed by atoms with Gasteiger partial charge in [0.15, 0.2) is 17.3 Å². The number of fused-ring (bicyclic) bond motifs is 1. The molecule has 0 N–H and O–H groups in total. The van der Waals surface area contributed by atoms with Crippen LogP contribution in [0.3, 0.4) is 0 Å². The number of hydrogen-bond acceptors (Lipinski definition) is 6. The number of benzene rings is 1. The lowest BCUT2D eigenvalue weighted by atomic mass is 9.78. The number of nitrogens with zero attached hydrogens (tertiary/aromatic N) is 2. The Labute approximate surface area is 174 Å². The van der Waals surface area contributed by atoms with Gasteiger partial charge in [0, 0.05) is 39.7 Å². The number of carbonyl (C=O) groups excluding carboxylic acids is 1. The zero-order valence-corrected chi connectivity index (χ0v) is 17.6. The molecule has 160 valence electrons. The minimum Gasteiger partial charge on any atom is -0.454 e. The molecule has 1 aromatic carbocycles. The lowest BCUT2D eigenvalue weighted by Gasteiger charge is -2.37. The lowest BCUT2D eigenvalue weighted by molar-refractivity contribution is -0.123. The number of rotatable bonds is 8. The first-order valence-corrected chi connectivity index (χ1v) is 11.1. The highest BCUT2D eigenvalue weighted by atomic mass is 16.7. The smallest absolute Gasteiger partial charge is 0.231 e. The highest BCUT2D eigenvalue weighted by Gasteiger charge is 2.26. The normalized spacial score (nSPS) is 24.7. The summed E-state index contributed by atoms with van der Waals surface area (Å²) in [5.41, 5.74) is 1.17. The van der Waals surface area contributed by atoms with Crippen molar-refractivity contribution < 1.29 is 19.0 Å². The molecular formula is C23H34N2O4. The number of hydrogen-bond donors (Lipinski definition) is 0. The quantitative estimate of drug-likeness (QED) is 0.665. The average molecular weight is 403 g/mol. The third-order valence-corrected chi connectivity index (χ3v) is 6.73. The second-order valence-corrected chi connectivity index (χ2v) is 8.69. The van der Waals surface area contributed by atoms with E-state index < -0.39 is 0 Å². The van der Waals surface area contributed by atoms with Gasteiger partial charge in [-0.1, -0.05) is 18.9 Å². The molecule has 1 aromatic rings. The number of ether oxygens (including phenoxy) is 3. The van der Waals surface area contributed by atoms with E-state index in [0.717, 1.165) is 43.6 Å². The number of carbonyl (C=O) groups is 1. The number of ketones is 1. The molecule has 0 aromatic heterocycles. The molecule has 4 rings (SSSR count). The summed E-state index contributed by atoms with van der Waals surface area (Å²) < 4.78 is 16.1. The largest absolute Gasteiger partial charge is 0.454 e. The van der Waals surface area contributed by atoms with Gasteiger partial charge in [0.2, 0.25) is 6.79 Å². The van der Waals surface area contributed by atoms with Crippen LogP contribution >= 0.6 is 0 Å². The topological polar surface area (TPSA) is 51.2 Å². The van der Waals surface area contributed by atoms with Gasteiger partial charge in [-0.25, -0.2) is 0 Å². The molecule has 6 heteroatoms. The van der Waals surface area contributed by atoms with E-state index in [9.17, 15) is 4.79 Å². The molecule has 2 heterocycles. The van der Waals surface area contributed by atoms with Gasteiger partial charge in [-0.15, -0.1) is 0 Å². The third-order valence-electron chi connectivity index (χ3n) is 6.73. The Kier molecular flexibility index (Phi) is 6.93. The van der Waals surface area contributed by atoms with Crippen molar-refractivity contribution in [1.82, 2.24) is 4.90 Å². The SMILES string of the molecule is COCC(=O)CC1CCC(CCN2CCN(c3cccc4c3OCO4)CC2)CC1. The van der Waals surface area contributed by atoms with Crippen molar-refractivity contribution in [1.29, 1.82) is 0 Å². The van der Waals surface area contributed by atoms with Crippen LogP contribution in [0.15, 0.2) is 18.2 Å². The third kappa shape index (κ3) is 5.23. The Balaban J connectivity index is 1.16. The van der Waals surface area contributed by atoms with Crippen molar-refractivity contribution in [3.63, 3.8) is 0 Å². The Morgan fingerprint density at radius 1 is 1.07 bits per heavy atom. The summed E-state index contributed by atoms with van der Waals surface area (Å²) >= 11 is 0. The van der Waals surface area contributed by atoms with Gasteiger partial charge < -0.3 is 19.1 Å². The molecule has 29 heavy (non-hydrogen) atoms. The highest BCUT2D eigenvalue weighted by molar-refractivity contribution is 5.79. The van der Waals surface area contributed by atoms with E-state index in [1.54, 1.807) is 7.11 Å². The highest BCUT2D eigenvalue weighted by Crippen LogP contribution is 2.41. The fourth-order valence-electron chi connectivity index (χ4n) is 5.01. The summed E-state index contributed by atoms with van der Waals surface area (Å²) in [6, 6.07) is 6.16. The zero-order valence-electron chi connectivity index (χ0n) is 17.6. The fraction of sp³-hybridized carbons (Fsp3) is 0.696. The molecule has 1 aliphatic carbocycles. The molecule has 0 radical (unpaired) electrons. The van der Waals surface area contributed by atoms with E-state index in [4.69, 9.17) is 14.2 Å². The number of piperazine rings is 1. The maximum atomic E-state index is 11.8. The van der Waals surface area contributed by atoms with Crippen molar-refractivity contribution in [2.24, 2.45) is 11.8 Å². The maximum absolute atomic E-state index is 11.8. The first-order valence-electron chi connectivity index (χ1n) is 11.1. The van der Waals surface area contributed by atoms with Crippen LogP contribution in [-0.4, -0.2) is 63.9 Å². The summed E-state index contributed by atoms with van der Waals surface area (Å²) in [5.74, 6) is 3.43. The molecule has 0 amide bonds. The number of methoxy groups -OCH3 is 1. The van der Waals surface area contributed by atoms with Gasteiger partial charge in [-0.05, 0) is 49.8 Å². The van der Waals surface area contributed by atoms with Crippen molar-refractivity contribution in [3.05, 3.63) is 18.2 Å². The molecule has 2 fully saturated rings. The van der Waals surface area contributed by atoms with Crippen LogP contribution in [0.5, 0.6) is 11.5 Å². The molecule has 1 saturated heterocycles. The molecule has 0 unspecified atom stereocenters. The molecule has 6 nitrogen and oxygen atoms in total. The van der Waals surface area contributed by atoms with Gasteiger partial charge in [0.05, 0.1) is 5.69 Å². The molecule has 3 aliphatic rings. The second kappa shape index (κ2) is 9.81. The number of para-hydroxylation sites is 1. The Morgan fingerprint density at radius 2 is 1.83 bits per heavy atom. The van der Waals surface area contributed by atoms with Crippen LogP contribution in [0.25, 0.3) is 0 Å². The second-order valence-electron chi connectivity index (χ2n) is 8.69. The predicted octanol–water partition coefficient (Wildman–Crippen LogP) is 3.34. The first kappa shape index (κ1) is 20.5. The van der Waals surface area contributed by atoms with Gasteiger partial charge in [0.1, 0.15) is 6.61 Å². The van der Waals surface area contributed by atoms with Crippen LogP contribution < -0.4 is 14.4 Å². The lowest BCUT2D eigenvalue weighted by Crippen LogP contribution is -2.47. The minimum absolute atomic E-state index is 0.259. The molecule has 0 spiro atoms. The molecule has 0 atom stereocenters.